The third kappa shape index (κ3) is 3.68. The second kappa shape index (κ2) is 9.71. The van der Waals surface area contributed by atoms with Crippen LogP contribution in [0.2, 0.25) is 0 Å². The molecule has 0 amide bonds. The van der Waals surface area contributed by atoms with Crippen molar-refractivity contribution in [2.24, 2.45) is 0 Å². The first kappa shape index (κ1) is 24.5. The van der Waals surface area contributed by atoms with Gasteiger partial charge < -0.3 is 4.57 Å². The van der Waals surface area contributed by atoms with Gasteiger partial charge >= 0.3 is 0 Å². The van der Waals surface area contributed by atoms with Gasteiger partial charge in [-0.05, 0) is 54.6 Å². The Morgan fingerprint density at radius 2 is 0.932 bits per heavy atom. The normalized spacial score (nSPS) is 11.6. The van der Waals surface area contributed by atoms with E-state index < -0.39 is 0 Å². The summed E-state index contributed by atoms with van der Waals surface area (Å²) in [6.45, 7) is 0. The van der Waals surface area contributed by atoms with Crippen molar-refractivity contribution in [3.63, 3.8) is 0 Å². The quantitative estimate of drug-likeness (QED) is 0.214. The van der Waals surface area contributed by atoms with Crippen molar-refractivity contribution in [3.8, 4) is 34.2 Å². The fourth-order valence-corrected chi connectivity index (χ4v) is 6.45. The number of nitrogens with zero attached hydrogens (tertiary/aromatic N) is 6. The first-order valence-corrected chi connectivity index (χ1v) is 14.6. The predicted molar refractivity (Wildman–Crippen MR) is 177 cm³/mol. The van der Waals surface area contributed by atoms with Gasteiger partial charge in [-0.25, -0.2) is 9.97 Å². The average molecular weight is 565 g/mol. The van der Waals surface area contributed by atoms with Crippen LogP contribution in [0.3, 0.4) is 0 Å². The molecule has 6 nitrogen and oxygen atoms in total. The lowest BCUT2D eigenvalue weighted by atomic mass is 10.1. The summed E-state index contributed by atoms with van der Waals surface area (Å²) in [5.74, 6) is 0.826. The van der Waals surface area contributed by atoms with Crippen LogP contribution < -0.4 is 0 Å². The van der Waals surface area contributed by atoms with E-state index in [1.165, 1.54) is 16.2 Å². The van der Waals surface area contributed by atoms with Crippen LogP contribution in [0.5, 0.6) is 0 Å². The third-order valence-electron chi connectivity index (χ3n) is 8.35. The lowest BCUT2D eigenvalue weighted by Gasteiger charge is -2.14. The van der Waals surface area contributed by atoms with E-state index in [2.05, 4.69) is 116 Å². The maximum Gasteiger partial charge on any atom is 0.138 e. The lowest BCUT2D eigenvalue weighted by molar-refractivity contribution is 1.07. The summed E-state index contributed by atoms with van der Waals surface area (Å²) >= 11 is 0. The van der Waals surface area contributed by atoms with Crippen molar-refractivity contribution >= 4 is 43.6 Å². The van der Waals surface area contributed by atoms with Gasteiger partial charge in [-0.2, -0.15) is 0 Å². The summed E-state index contributed by atoms with van der Waals surface area (Å²) in [4.78, 5) is 19.2. The molecule has 0 atom stereocenters. The Bertz CT molecular complexity index is 2420. The number of rotatable bonds is 4. The van der Waals surface area contributed by atoms with E-state index in [0.717, 1.165) is 61.6 Å². The molecule has 0 bridgehead atoms. The molecule has 0 saturated heterocycles. The number of benzene rings is 3. The molecule has 0 N–H and O–H groups in total. The van der Waals surface area contributed by atoms with Gasteiger partial charge in [0.05, 0.1) is 57.2 Å². The van der Waals surface area contributed by atoms with E-state index in [4.69, 9.17) is 9.97 Å². The fraction of sp³-hybridized carbons (Fsp3) is 0. The number of para-hydroxylation sites is 3. The molecule has 6 aromatic heterocycles. The van der Waals surface area contributed by atoms with E-state index in [1.54, 1.807) is 0 Å². The molecule has 0 fully saturated rings. The highest BCUT2D eigenvalue weighted by molar-refractivity contribution is 6.10. The first-order valence-electron chi connectivity index (χ1n) is 14.6. The molecule has 44 heavy (non-hydrogen) atoms. The molecule has 0 spiro atoms. The average Bonchev–Trinajstić information content (AvgIpc) is 3.62. The molecule has 0 aliphatic heterocycles. The molecule has 0 unspecified atom stereocenters. The zero-order chi connectivity index (χ0) is 29.0. The zero-order valence-electron chi connectivity index (χ0n) is 23.5. The summed E-state index contributed by atoms with van der Waals surface area (Å²) in [5.41, 5.74) is 8.88. The summed E-state index contributed by atoms with van der Waals surface area (Å²) < 4.78 is 4.47. The molecule has 9 aromatic rings. The van der Waals surface area contributed by atoms with Gasteiger partial charge in [-0.3, -0.25) is 14.5 Å². The van der Waals surface area contributed by atoms with E-state index in [-0.39, 0.29) is 0 Å². The van der Waals surface area contributed by atoms with Crippen molar-refractivity contribution in [3.05, 3.63) is 146 Å². The minimum atomic E-state index is 0.803. The largest absolute Gasteiger partial charge is 0.307 e. The van der Waals surface area contributed by atoms with Crippen LogP contribution in [-0.4, -0.2) is 29.1 Å². The van der Waals surface area contributed by atoms with E-state index in [1.807, 2.05) is 49.1 Å². The van der Waals surface area contributed by atoms with Crippen LogP contribution in [0.4, 0.5) is 0 Å². The third-order valence-corrected chi connectivity index (χ3v) is 8.35. The van der Waals surface area contributed by atoms with Crippen LogP contribution >= 0.6 is 0 Å². The molecule has 6 heterocycles. The Kier molecular flexibility index (Phi) is 5.40. The Morgan fingerprint density at radius 3 is 1.68 bits per heavy atom. The Hall–Kier alpha value is -6.14. The summed E-state index contributed by atoms with van der Waals surface area (Å²) in [5, 5.41) is 4.70. The summed E-state index contributed by atoms with van der Waals surface area (Å²) in [7, 11) is 0. The molecule has 0 radical (unpaired) electrons. The predicted octanol–water partition coefficient (Wildman–Crippen LogP) is 8.79. The van der Waals surface area contributed by atoms with Gasteiger partial charge in [0, 0.05) is 39.5 Å². The van der Waals surface area contributed by atoms with Crippen molar-refractivity contribution in [1.29, 1.82) is 0 Å². The molecule has 6 heteroatoms. The molecule has 206 valence electrons. The highest BCUT2D eigenvalue weighted by Crippen LogP contribution is 2.36. The molecular formula is C38H24N6. The zero-order valence-corrected chi connectivity index (χ0v) is 23.5. The SMILES string of the molecule is c1cc(-c2cccc(-n3c4ccccc4c4ccncc43)n2)nc(-c2ccccc2-n2c3ccccc3c3ccncc32)c1. The van der Waals surface area contributed by atoms with Crippen LogP contribution in [0, 0.1) is 0 Å². The highest BCUT2D eigenvalue weighted by atomic mass is 15.1. The summed E-state index contributed by atoms with van der Waals surface area (Å²) in [6.07, 6.45) is 7.54. The molecule has 9 rings (SSSR count). The number of aromatic nitrogens is 6. The number of hydrogen-bond donors (Lipinski definition) is 0. The van der Waals surface area contributed by atoms with Crippen LogP contribution in [0.1, 0.15) is 0 Å². The van der Waals surface area contributed by atoms with Gasteiger partial charge in [-0.15, -0.1) is 0 Å². The maximum absolute atomic E-state index is 5.18. The van der Waals surface area contributed by atoms with Crippen molar-refractivity contribution in [2.75, 3.05) is 0 Å². The van der Waals surface area contributed by atoms with Gasteiger partial charge in [-0.1, -0.05) is 66.7 Å². The van der Waals surface area contributed by atoms with Crippen molar-refractivity contribution in [2.45, 2.75) is 0 Å². The second-order valence-electron chi connectivity index (χ2n) is 10.8. The summed E-state index contributed by atoms with van der Waals surface area (Å²) in [6, 6.07) is 41.7. The molecule has 0 saturated carbocycles. The van der Waals surface area contributed by atoms with Crippen LogP contribution in [-0.2, 0) is 0 Å². The van der Waals surface area contributed by atoms with E-state index >= 15 is 0 Å². The van der Waals surface area contributed by atoms with Gasteiger partial charge in [0.2, 0.25) is 0 Å². The first-order chi connectivity index (χ1) is 21.8. The van der Waals surface area contributed by atoms with Gasteiger partial charge in [0.1, 0.15) is 5.82 Å². The van der Waals surface area contributed by atoms with E-state index in [0.29, 0.717) is 0 Å². The van der Waals surface area contributed by atoms with Crippen molar-refractivity contribution < 1.29 is 0 Å². The van der Waals surface area contributed by atoms with Crippen LogP contribution in [0.25, 0.3) is 77.8 Å². The topological polar surface area (TPSA) is 61.4 Å². The standard InChI is InChI=1S/C38H24N6/c1-4-15-33-25(9-1)27-19-21-39-23-36(27)43(33)35-17-6-3-11-29(35)30-12-7-13-31(41-30)32-14-8-18-38(42-32)44-34-16-5-2-10-26(34)28-20-22-40-24-37(28)44/h1-24H. The number of fused-ring (bicyclic) bond motifs is 6. The molecule has 0 aliphatic rings. The van der Waals surface area contributed by atoms with Gasteiger partial charge in [0.15, 0.2) is 0 Å². The van der Waals surface area contributed by atoms with E-state index in [9.17, 15) is 0 Å². The molecule has 3 aromatic carbocycles. The van der Waals surface area contributed by atoms with Crippen molar-refractivity contribution in [1.82, 2.24) is 29.1 Å². The lowest BCUT2D eigenvalue weighted by Crippen LogP contribution is -2.00. The highest BCUT2D eigenvalue weighted by Gasteiger charge is 2.17. The Morgan fingerprint density at radius 1 is 0.386 bits per heavy atom. The molecular weight excluding hydrogens is 540 g/mol. The fourth-order valence-electron chi connectivity index (χ4n) is 6.45. The van der Waals surface area contributed by atoms with Crippen LogP contribution in [0.15, 0.2) is 146 Å². The molecule has 0 aliphatic carbocycles. The number of hydrogen-bond acceptors (Lipinski definition) is 4. The Balaban J connectivity index is 1.20. The minimum absolute atomic E-state index is 0.803. The minimum Gasteiger partial charge on any atom is -0.307 e. The smallest absolute Gasteiger partial charge is 0.138 e. The maximum atomic E-state index is 5.18. The second-order valence-corrected chi connectivity index (χ2v) is 10.8. The monoisotopic (exact) mass is 564 g/mol. The van der Waals surface area contributed by atoms with Gasteiger partial charge in [0.25, 0.3) is 0 Å². The number of pyridine rings is 4. The Labute approximate surface area is 252 Å².